The number of esters is 1. The van der Waals surface area contributed by atoms with Gasteiger partial charge in [0.05, 0.1) is 0 Å². The zero-order chi connectivity index (χ0) is 10.5. The van der Waals surface area contributed by atoms with Crippen LogP contribution in [0, 0.1) is 0 Å². The van der Waals surface area contributed by atoms with Gasteiger partial charge in [0.25, 0.3) is 0 Å². The highest BCUT2D eigenvalue weighted by Crippen LogP contribution is 2.16. The predicted molar refractivity (Wildman–Crippen MR) is 48.9 cm³/mol. The molecule has 0 aliphatic rings. The molecule has 0 aromatic rings. The summed E-state index contributed by atoms with van der Waals surface area (Å²) < 4.78 is 25.3. The predicted octanol–water partition coefficient (Wildman–Crippen LogP) is 0.987. The standard InChI is InChI=1S/C8H16O4S/c1-4-5-8(2,3)12-7(9)6-13(10)11/h4-6H2,1-3H3,(H,10,11)/p-1. The lowest BCUT2D eigenvalue weighted by Gasteiger charge is -2.24. The molecule has 4 nitrogen and oxygen atoms in total. The topological polar surface area (TPSA) is 66.4 Å². The quantitative estimate of drug-likeness (QED) is 0.498. The average Bonchev–Trinajstić information content (AvgIpc) is 1.81. The van der Waals surface area contributed by atoms with Crippen molar-refractivity contribution in [2.45, 2.75) is 39.2 Å². The lowest BCUT2D eigenvalue weighted by Crippen LogP contribution is -2.30. The minimum atomic E-state index is -2.36. The second-order valence-corrected chi connectivity index (χ2v) is 4.33. The first-order chi connectivity index (χ1) is 5.87. The highest BCUT2D eigenvalue weighted by atomic mass is 32.2. The Kier molecular flexibility index (Phi) is 5.17. The van der Waals surface area contributed by atoms with Crippen LogP contribution in [0.3, 0.4) is 0 Å². The number of rotatable bonds is 5. The number of carbonyl (C=O) groups is 1. The molecule has 1 atom stereocenters. The fraction of sp³-hybridized carbons (Fsp3) is 0.875. The molecular formula is C8H15O4S-. The highest BCUT2D eigenvalue weighted by molar-refractivity contribution is 7.79. The van der Waals surface area contributed by atoms with Gasteiger partial charge in [-0.2, -0.15) is 0 Å². The van der Waals surface area contributed by atoms with Gasteiger partial charge in [-0.1, -0.05) is 13.3 Å². The monoisotopic (exact) mass is 207 g/mol. The Bertz CT molecular complexity index is 200. The molecule has 1 unspecified atom stereocenters. The van der Waals surface area contributed by atoms with Crippen LogP contribution in [-0.2, 0) is 20.6 Å². The summed E-state index contributed by atoms with van der Waals surface area (Å²) in [7, 11) is 0. The zero-order valence-corrected chi connectivity index (χ0v) is 8.98. The first kappa shape index (κ1) is 12.6. The van der Waals surface area contributed by atoms with Gasteiger partial charge in [0, 0.05) is 0 Å². The van der Waals surface area contributed by atoms with E-state index in [1.54, 1.807) is 13.8 Å². The van der Waals surface area contributed by atoms with Gasteiger partial charge < -0.3 is 9.29 Å². The summed E-state index contributed by atoms with van der Waals surface area (Å²) in [5.74, 6) is -1.25. The SMILES string of the molecule is CCCC(C)(C)OC(=O)CS(=O)[O-]. The molecule has 0 spiro atoms. The Hall–Kier alpha value is -0.420. The van der Waals surface area contributed by atoms with Crippen molar-refractivity contribution in [3.63, 3.8) is 0 Å². The molecule has 13 heavy (non-hydrogen) atoms. The van der Waals surface area contributed by atoms with E-state index in [-0.39, 0.29) is 0 Å². The van der Waals surface area contributed by atoms with Crippen LogP contribution in [-0.4, -0.2) is 26.1 Å². The van der Waals surface area contributed by atoms with Gasteiger partial charge in [-0.05, 0) is 31.3 Å². The fourth-order valence-electron chi connectivity index (χ4n) is 1.09. The number of hydrogen-bond acceptors (Lipinski definition) is 4. The van der Waals surface area contributed by atoms with Crippen LogP contribution in [0.25, 0.3) is 0 Å². The summed E-state index contributed by atoms with van der Waals surface area (Å²) in [5, 5.41) is 0. The highest BCUT2D eigenvalue weighted by Gasteiger charge is 2.21. The normalized spacial score (nSPS) is 13.8. The van der Waals surface area contributed by atoms with Crippen LogP contribution in [0.1, 0.15) is 33.6 Å². The Balaban J connectivity index is 3.96. The maximum Gasteiger partial charge on any atom is 0.317 e. The smallest absolute Gasteiger partial charge is 0.317 e. The van der Waals surface area contributed by atoms with Crippen molar-refractivity contribution in [2.24, 2.45) is 0 Å². The van der Waals surface area contributed by atoms with Gasteiger partial charge >= 0.3 is 5.97 Å². The first-order valence-electron chi connectivity index (χ1n) is 4.15. The average molecular weight is 207 g/mol. The Morgan fingerprint density at radius 1 is 1.54 bits per heavy atom. The van der Waals surface area contributed by atoms with Gasteiger partial charge in [-0.3, -0.25) is 9.00 Å². The number of hydrogen-bond donors (Lipinski definition) is 0. The van der Waals surface area contributed by atoms with E-state index in [2.05, 4.69) is 0 Å². The van der Waals surface area contributed by atoms with E-state index < -0.39 is 28.4 Å². The van der Waals surface area contributed by atoms with E-state index >= 15 is 0 Å². The van der Waals surface area contributed by atoms with Crippen molar-refractivity contribution in [1.29, 1.82) is 0 Å². The van der Waals surface area contributed by atoms with E-state index in [0.717, 1.165) is 12.8 Å². The molecule has 78 valence electrons. The summed E-state index contributed by atoms with van der Waals surface area (Å²) in [5.41, 5.74) is -0.564. The van der Waals surface area contributed by atoms with Gasteiger partial charge in [0.1, 0.15) is 11.4 Å². The van der Waals surface area contributed by atoms with Gasteiger partial charge in [0.15, 0.2) is 0 Å². The Labute approximate surface area is 80.9 Å². The molecule has 0 rings (SSSR count). The van der Waals surface area contributed by atoms with Crippen molar-refractivity contribution in [3.8, 4) is 0 Å². The van der Waals surface area contributed by atoms with E-state index in [9.17, 15) is 13.6 Å². The first-order valence-corrected chi connectivity index (χ1v) is 5.39. The van der Waals surface area contributed by atoms with Crippen LogP contribution in [0.5, 0.6) is 0 Å². The maximum atomic E-state index is 10.9. The third kappa shape index (κ3) is 6.72. The lowest BCUT2D eigenvalue weighted by atomic mass is 10.0. The Morgan fingerprint density at radius 3 is 2.46 bits per heavy atom. The molecule has 5 heteroatoms. The van der Waals surface area contributed by atoms with Crippen LogP contribution in [0.4, 0.5) is 0 Å². The second-order valence-electron chi connectivity index (χ2n) is 3.43. The number of carbonyl (C=O) groups excluding carboxylic acids is 1. The van der Waals surface area contributed by atoms with Crippen molar-refractivity contribution in [1.82, 2.24) is 0 Å². The van der Waals surface area contributed by atoms with E-state index in [4.69, 9.17) is 4.74 Å². The van der Waals surface area contributed by atoms with Crippen LogP contribution in [0.15, 0.2) is 0 Å². The molecule has 0 saturated heterocycles. The van der Waals surface area contributed by atoms with Crippen molar-refractivity contribution < 1.29 is 18.3 Å². The van der Waals surface area contributed by atoms with Crippen LogP contribution >= 0.6 is 0 Å². The molecule has 0 heterocycles. The summed E-state index contributed by atoms with van der Waals surface area (Å²) in [6.45, 7) is 5.51. The molecule has 0 bridgehead atoms. The molecule has 0 fully saturated rings. The molecular weight excluding hydrogens is 192 g/mol. The summed E-state index contributed by atoms with van der Waals surface area (Å²) in [6.07, 6.45) is 1.62. The Morgan fingerprint density at radius 2 is 2.08 bits per heavy atom. The molecule has 0 amide bonds. The van der Waals surface area contributed by atoms with Crippen LogP contribution < -0.4 is 0 Å². The van der Waals surface area contributed by atoms with Gasteiger partial charge in [-0.15, -0.1) is 0 Å². The largest absolute Gasteiger partial charge is 0.772 e. The van der Waals surface area contributed by atoms with Gasteiger partial charge in [0.2, 0.25) is 0 Å². The van der Waals surface area contributed by atoms with Crippen molar-refractivity contribution in [2.75, 3.05) is 5.75 Å². The summed E-state index contributed by atoms with van der Waals surface area (Å²) in [6, 6.07) is 0. The van der Waals surface area contributed by atoms with Gasteiger partial charge in [-0.25, -0.2) is 0 Å². The maximum absolute atomic E-state index is 10.9. The molecule has 0 saturated carbocycles. The minimum absolute atomic E-state index is 0.562. The third-order valence-electron chi connectivity index (χ3n) is 1.48. The number of ether oxygens (including phenoxy) is 1. The molecule has 0 N–H and O–H groups in total. The molecule has 0 aliphatic carbocycles. The van der Waals surface area contributed by atoms with E-state index in [1.807, 2.05) is 6.92 Å². The summed E-state index contributed by atoms with van der Waals surface area (Å²) >= 11 is -2.36. The minimum Gasteiger partial charge on any atom is -0.772 e. The van der Waals surface area contributed by atoms with Crippen molar-refractivity contribution in [3.05, 3.63) is 0 Å². The molecule has 0 radical (unpaired) electrons. The zero-order valence-electron chi connectivity index (χ0n) is 8.16. The fourth-order valence-corrected chi connectivity index (χ4v) is 1.34. The molecule has 0 aliphatic heterocycles. The molecule has 0 aromatic carbocycles. The van der Waals surface area contributed by atoms with Crippen molar-refractivity contribution >= 4 is 17.0 Å². The summed E-state index contributed by atoms with van der Waals surface area (Å²) in [4.78, 5) is 10.9. The van der Waals surface area contributed by atoms with E-state index in [1.165, 1.54) is 0 Å². The van der Waals surface area contributed by atoms with E-state index in [0.29, 0.717) is 0 Å². The third-order valence-corrected chi connectivity index (χ3v) is 1.95. The molecule has 0 aromatic heterocycles. The lowest BCUT2D eigenvalue weighted by molar-refractivity contribution is -0.153. The van der Waals surface area contributed by atoms with Crippen LogP contribution in [0.2, 0.25) is 0 Å². The second kappa shape index (κ2) is 5.34.